The number of aromatic nitrogens is 2. The summed E-state index contributed by atoms with van der Waals surface area (Å²) in [4.78, 5) is 0. The maximum atomic E-state index is 6.10. The molecule has 6 heteroatoms. The van der Waals surface area contributed by atoms with Crippen molar-refractivity contribution in [2.45, 2.75) is 50.2 Å². The number of rotatable bonds is 4. The van der Waals surface area contributed by atoms with E-state index in [4.69, 9.17) is 15.3 Å². The third-order valence-corrected chi connectivity index (χ3v) is 4.89. The SMILES string of the molecule is COc1ccc(C(NN)C2CCOC3(CCCC3)C2)nn1. The number of nitrogens with two attached hydrogens (primary N) is 1. The summed E-state index contributed by atoms with van der Waals surface area (Å²) < 4.78 is 11.2. The fraction of sp³-hybridized carbons (Fsp3) is 0.733. The normalized spacial score (nSPS) is 25.9. The van der Waals surface area contributed by atoms with Crippen LogP contribution >= 0.6 is 0 Å². The van der Waals surface area contributed by atoms with Crippen LogP contribution in [0.1, 0.15) is 50.3 Å². The van der Waals surface area contributed by atoms with Gasteiger partial charge in [-0.15, -0.1) is 5.10 Å². The highest BCUT2D eigenvalue weighted by molar-refractivity contribution is 5.15. The van der Waals surface area contributed by atoms with Crippen molar-refractivity contribution in [1.82, 2.24) is 15.6 Å². The number of methoxy groups -OCH3 is 1. The summed E-state index contributed by atoms with van der Waals surface area (Å²) in [5, 5.41) is 8.30. The average Bonchev–Trinajstić information content (AvgIpc) is 2.96. The molecule has 2 unspecified atom stereocenters. The molecule has 1 saturated carbocycles. The van der Waals surface area contributed by atoms with E-state index in [1.165, 1.54) is 25.7 Å². The van der Waals surface area contributed by atoms with Crippen molar-refractivity contribution in [3.05, 3.63) is 17.8 Å². The molecule has 0 amide bonds. The van der Waals surface area contributed by atoms with Gasteiger partial charge in [0.1, 0.15) is 0 Å². The number of hydrogen-bond donors (Lipinski definition) is 2. The van der Waals surface area contributed by atoms with Gasteiger partial charge in [-0.05, 0) is 37.7 Å². The van der Waals surface area contributed by atoms with Gasteiger partial charge in [-0.1, -0.05) is 12.8 Å². The number of ether oxygens (including phenoxy) is 2. The zero-order valence-corrected chi connectivity index (χ0v) is 12.5. The minimum Gasteiger partial charge on any atom is -0.480 e. The van der Waals surface area contributed by atoms with E-state index in [9.17, 15) is 0 Å². The smallest absolute Gasteiger partial charge is 0.233 e. The van der Waals surface area contributed by atoms with Crippen LogP contribution in [0, 0.1) is 5.92 Å². The van der Waals surface area contributed by atoms with Crippen molar-refractivity contribution >= 4 is 0 Å². The first kappa shape index (κ1) is 14.7. The van der Waals surface area contributed by atoms with Crippen LogP contribution in [-0.2, 0) is 4.74 Å². The van der Waals surface area contributed by atoms with E-state index in [2.05, 4.69) is 15.6 Å². The molecule has 2 heterocycles. The molecule has 1 aromatic heterocycles. The van der Waals surface area contributed by atoms with Gasteiger partial charge in [0.15, 0.2) is 0 Å². The van der Waals surface area contributed by atoms with Crippen molar-refractivity contribution < 1.29 is 9.47 Å². The molecule has 6 nitrogen and oxygen atoms in total. The molecule has 0 bridgehead atoms. The van der Waals surface area contributed by atoms with Crippen LogP contribution < -0.4 is 16.0 Å². The first-order valence-electron chi connectivity index (χ1n) is 7.74. The minimum atomic E-state index is 0.0183. The van der Waals surface area contributed by atoms with Crippen LogP contribution in [0.5, 0.6) is 5.88 Å². The topological polar surface area (TPSA) is 82.3 Å². The average molecular weight is 292 g/mol. The molecule has 0 radical (unpaired) electrons. The highest BCUT2D eigenvalue weighted by Crippen LogP contribution is 2.44. The summed E-state index contributed by atoms with van der Waals surface area (Å²) in [5.41, 5.74) is 3.89. The first-order valence-corrected chi connectivity index (χ1v) is 7.74. The second-order valence-electron chi connectivity index (χ2n) is 6.14. The summed E-state index contributed by atoms with van der Waals surface area (Å²) in [5.74, 6) is 6.76. The van der Waals surface area contributed by atoms with Gasteiger partial charge in [0, 0.05) is 12.7 Å². The van der Waals surface area contributed by atoms with Crippen molar-refractivity contribution in [3.63, 3.8) is 0 Å². The van der Waals surface area contributed by atoms with Crippen molar-refractivity contribution in [1.29, 1.82) is 0 Å². The monoisotopic (exact) mass is 292 g/mol. The second kappa shape index (κ2) is 6.25. The fourth-order valence-corrected chi connectivity index (χ4v) is 3.79. The van der Waals surface area contributed by atoms with E-state index in [0.29, 0.717) is 11.8 Å². The third-order valence-electron chi connectivity index (χ3n) is 4.89. The van der Waals surface area contributed by atoms with Gasteiger partial charge in [-0.25, -0.2) is 0 Å². The Labute approximate surface area is 125 Å². The predicted octanol–water partition coefficient (Wildman–Crippen LogP) is 1.73. The molecule has 21 heavy (non-hydrogen) atoms. The summed E-state index contributed by atoms with van der Waals surface area (Å²) in [6.07, 6.45) is 6.95. The van der Waals surface area contributed by atoms with Gasteiger partial charge in [-0.2, -0.15) is 5.10 Å². The van der Waals surface area contributed by atoms with Crippen LogP contribution in [0.25, 0.3) is 0 Å². The van der Waals surface area contributed by atoms with E-state index in [-0.39, 0.29) is 11.6 Å². The Morgan fingerprint density at radius 1 is 1.38 bits per heavy atom. The quantitative estimate of drug-likeness (QED) is 0.649. The molecule has 1 aliphatic carbocycles. The number of hydrazine groups is 1. The molecule has 2 atom stereocenters. The molecule has 2 aliphatic rings. The Kier molecular flexibility index (Phi) is 4.37. The molecule has 3 N–H and O–H groups in total. The van der Waals surface area contributed by atoms with Crippen LogP contribution in [0.3, 0.4) is 0 Å². The minimum absolute atomic E-state index is 0.0183. The number of nitrogens with one attached hydrogen (secondary N) is 1. The molecule has 1 aliphatic heterocycles. The standard InChI is InChI=1S/C15H24N4O2/c1-20-13-5-4-12(18-19-13)14(17-16)11-6-9-21-15(10-11)7-2-3-8-15/h4-5,11,14,17H,2-3,6-10,16H2,1H3. The lowest BCUT2D eigenvalue weighted by molar-refractivity contribution is -0.0984. The fourth-order valence-electron chi connectivity index (χ4n) is 3.79. The molecule has 1 aromatic rings. The van der Waals surface area contributed by atoms with E-state index in [1.54, 1.807) is 7.11 Å². The van der Waals surface area contributed by atoms with Gasteiger partial charge < -0.3 is 9.47 Å². The lowest BCUT2D eigenvalue weighted by atomic mass is 9.80. The molecule has 3 rings (SSSR count). The highest BCUT2D eigenvalue weighted by Gasteiger charge is 2.42. The van der Waals surface area contributed by atoms with Crippen LogP contribution in [0.15, 0.2) is 12.1 Å². The van der Waals surface area contributed by atoms with Gasteiger partial charge in [0.2, 0.25) is 5.88 Å². The van der Waals surface area contributed by atoms with Gasteiger partial charge >= 0.3 is 0 Å². The van der Waals surface area contributed by atoms with E-state index in [1.807, 2.05) is 12.1 Å². The summed E-state index contributed by atoms with van der Waals surface area (Å²) >= 11 is 0. The summed E-state index contributed by atoms with van der Waals surface area (Å²) in [6, 6.07) is 3.79. The van der Waals surface area contributed by atoms with Crippen LogP contribution in [0.2, 0.25) is 0 Å². The predicted molar refractivity (Wildman–Crippen MR) is 78.5 cm³/mol. The Morgan fingerprint density at radius 3 is 2.81 bits per heavy atom. The molecule has 1 spiro atoms. The van der Waals surface area contributed by atoms with Crippen molar-refractivity contribution in [2.75, 3.05) is 13.7 Å². The number of nitrogens with zero attached hydrogens (tertiary/aromatic N) is 2. The molecule has 0 aromatic carbocycles. The lowest BCUT2D eigenvalue weighted by Gasteiger charge is -2.40. The summed E-state index contributed by atoms with van der Waals surface area (Å²) in [7, 11) is 1.59. The second-order valence-corrected chi connectivity index (χ2v) is 6.14. The van der Waals surface area contributed by atoms with Crippen molar-refractivity contribution in [2.24, 2.45) is 11.8 Å². The van der Waals surface area contributed by atoms with Gasteiger partial charge in [-0.3, -0.25) is 11.3 Å². The summed E-state index contributed by atoms with van der Waals surface area (Å²) in [6.45, 7) is 0.812. The van der Waals surface area contributed by atoms with E-state index >= 15 is 0 Å². The van der Waals surface area contributed by atoms with E-state index in [0.717, 1.165) is 25.1 Å². The largest absolute Gasteiger partial charge is 0.480 e. The van der Waals surface area contributed by atoms with Crippen molar-refractivity contribution in [3.8, 4) is 5.88 Å². The Morgan fingerprint density at radius 2 is 2.19 bits per heavy atom. The Balaban J connectivity index is 1.75. The number of hydrogen-bond acceptors (Lipinski definition) is 6. The molecular weight excluding hydrogens is 268 g/mol. The maximum Gasteiger partial charge on any atom is 0.233 e. The molecular formula is C15H24N4O2. The Bertz CT molecular complexity index is 459. The lowest BCUT2D eigenvalue weighted by Crippen LogP contribution is -2.43. The van der Waals surface area contributed by atoms with Crippen LogP contribution in [-0.4, -0.2) is 29.5 Å². The molecule has 1 saturated heterocycles. The third kappa shape index (κ3) is 3.02. The molecule has 2 fully saturated rings. The Hall–Kier alpha value is -1.24. The zero-order chi connectivity index (χ0) is 14.7. The van der Waals surface area contributed by atoms with Crippen LogP contribution in [0.4, 0.5) is 0 Å². The maximum absolute atomic E-state index is 6.10. The molecule has 116 valence electrons. The highest BCUT2D eigenvalue weighted by atomic mass is 16.5. The van der Waals surface area contributed by atoms with Gasteiger partial charge in [0.05, 0.1) is 24.4 Å². The first-order chi connectivity index (χ1) is 10.3. The van der Waals surface area contributed by atoms with Gasteiger partial charge in [0.25, 0.3) is 0 Å². The zero-order valence-electron chi connectivity index (χ0n) is 12.5. The van der Waals surface area contributed by atoms with E-state index < -0.39 is 0 Å².